The third kappa shape index (κ3) is 9.72. The Labute approximate surface area is 215 Å². The lowest BCUT2D eigenvalue weighted by Crippen LogP contribution is -2.52. The fourth-order valence-corrected chi connectivity index (χ4v) is 3.92. The van der Waals surface area contributed by atoms with Crippen LogP contribution in [0.4, 0.5) is 0 Å². The van der Waals surface area contributed by atoms with Crippen molar-refractivity contribution >= 4 is 11.8 Å². The van der Waals surface area contributed by atoms with Gasteiger partial charge in [0.2, 0.25) is 11.8 Å². The SMILES string of the molecule is Cc1ccc(CNC(=O)C(NC(=O)[C@@H](C[C@H](O)[C@@H](N)COCc2ccccc2)C(C)C)C(C)C)cc1. The molecule has 5 N–H and O–H groups in total. The van der Waals surface area contributed by atoms with Crippen molar-refractivity contribution in [3.8, 4) is 0 Å². The molecule has 0 saturated carbocycles. The minimum absolute atomic E-state index is 0.0412. The minimum Gasteiger partial charge on any atom is -0.391 e. The molecule has 0 heterocycles. The molecule has 198 valence electrons. The maximum atomic E-state index is 13.2. The molecule has 0 aliphatic heterocycles. The van der Waals surface area contributed by atoms with E-state index in [9.17, 15) is 14.7 Å². The number of rotatable bonds is 14. The Morgan fingerprint density at radius 2 is 1.56 bits per heavy atom. The molecule has 0 aliphatic carbocycles. The first-order valence-electron chi connectivity index (χ1n) is 12.8. The van der Waals surface area contributed by atoms with E-state index in [4.69, 9.17) is 10.5 Å². The van der Waals surface area contributed by atoms with Crippen LogP contribution in [0.25, 0.3) is 0 Å². The Morgan fingerprint density at radius 1 is 0.917 bits per heavy atom. The van der Waals surface area contributed by atoms with Gasteiger partial charge in [0.1, 0.15) is 6.04 Å². The van der Waals surface area contributed by atoms with Crippen LogP contribution in [-0.2, 0) is 27.5 Å². The highest BCUT2D eigenvalue weighted by molar-refractivity contribution is 5.88. The summed E-state index contributed by atoms with van der Waals surface area (Å²) in [5.74, 6) is -1.12. The minimum atomic E-state index is -0.910. The van der Waals surface area contributed by atoms with E-state index in [1.807, 2.05) is 89.2 Å². The number of hydrogen-bond acceptors (Lipinski definition) is 5. The lowest BCUT2D eigenvalue weighted by molar-refractivity contribution is -0.134. The summed E-state index contributed by atoms with van der Waals surface area (Å²) < 4.78 is 5.66. The molecule has 0 bridgehead atoms. The number of aryl methyl sites for hydroxylation is 1. The van der Waals surface area contributed by atoms with Crippen molar-refractivity contribution in [1.82, 2.24) is 10.6 Å². The van der Waals surface area contributed by atoms with Crippen molar-refractivity contribution in [2.45, 2.75) is 72.4 Å². The quantitative estimate of drug-likeness (QED) is 0.320. The van der Waals surface area contributed by atoms with Gasteiger partial charge >= 0.3 is 0 Å². The van der Waals surface area contributed by atoms with Crippen molar-refractivity contribution in [1.29, 1.82) is 0 Å². The number of carbonyl (C=O) groups is 2. The predicted octanol–water partition coefficient (Wildman–Crippen LogP) is 3.32. The molecule has 0 aliphatic rings. The molecule has 2 rings (SSSR count). The van der Waals surface area contributed by atoms with Crippen molar-refractivity contribution in [3.05, 3.63) is 71.3 Å². The molecule has 0 aromatic heterocycles. The van der Waals surface area contributed by atoms with Crippen molar-refractivity contribution in [2.75, 3.05) is 6.61 Å². The summed E-state index contributed by atoms with van der Waals surface area (Å²) in [5.41, 5.74) is 9.34. The number of benzene rings is 2. The highest BCUT2D eigenvalue weighted by Crippen LogP contribution is 2.20. The normalized spacial score (nSPS) is 14.8. The van der Waals surface area contributed by atoms with E-state index in [-0.39, 0.29) is 36.7 Å². The van der Waals surface area contributed by atoms with Gasteiger partial charge in [0, 0.05) is 12.5 Å². The van der Waals surface area contributed by atoms with Gasteiger partial charge < -0.3 is 26.2 Å². The van der Waals surface area contributed by atoms with Gasteiger partial charge in [-0.05, 0) is 36.3 Å². The molecule has 0 fully saturated rings. The fourth-order valence-electron chi connectivity index (χ4n) is 3.92. The third-order valence-electron chi connectivity index (χ3n) is 6.39. The van der Waals surface area contributed by atoms with Crippen LogP contribution in [0.1, 0.15) is 50.8 Å². The largest absolute Gasteiger partial charge is 0.391 e. The number of nitrogens with two attached hydrogens (primary N) is 1. The van der Waals surface area contributed by atoms with E-state index in [1.54, 1.807) is 0 Å². The number of carbonyl (C=O) groups excluding carboxylic acids is 2. The summed E-state index contributed by atoms with van der Waals surface area (Å²) in [5, 5.41) is 16.5. The topological polar surface area (TPSA) is 114 Å². The first kappa shape index (κ1) is 29.5. The Kier molecular flexibility index (Phi) is 12.1. The Balaban J connectivity index is 1.90. The molecule has 4 atom stereocenters. The van der Waals surface area contributed by atoms with Gasteiger partial charge in [0.15, 0.2) is 0 Å². The van der Waals surface area contributed by atoms with Crippen LogP contribution in [0, 0.1) is 24.7 Å². The number of aliphatic hydroxyl groups is 1. The van der Waals surface area contributed by atoms with Crippen LogP contribution in [0.5, 0.6) is 0 Å². The van der Waals surface area contributed by atoms with E-state index in [0.29, 0.717) is 13.2 Å². The average Bonchev–Trinajstić information content (AvgIpc) is 2.85. The van der Waals surface area contributed by atoms with Gasteiger partial charge in [-0.1, -0.05) is 87.9 Å². The molecule has 0 saturated heterocycles. The Hall–Kier alpha value is -2.74. The van der Waals surface area contributed by atoms with Crippen molar-refractivity contribution in [2.24, 2.45) is 23.5 Å². The van der Waals surface area contributed by atoms with Gasteiger partial charge in [-0.3, -0.25) is 9.59 Å². The Morgan fingerprint density at radius 3 is 2.14 bits per heavy atom. The molecule has 0 radical (unpaired) electrons. The third-order valence-corrected chi connectivity index (χ3v) is 6.39. The molecular formula is C29H43N3O4. The van der Waals surface area contributed by atoms with E-state index in [1.165, 1.54) is 0 Å². The maximum Gasteiger partial charge on any atom is 0.243 e. The summed E-state index contributed by atoms with van der Waals surface area (Å²) >= 11 is 0. The molecule has 0 spiro atoms. The molecule has 1 unspecified atom stereocenters. The fraction of sp³-hybridized carbons (Fsp3) is 0.517. The summed E-state index contributed by atoms with van der Waals surface area (Å²) in [4.78, 5) is 26.1. The second-order valence-corrected chi connectivity index (χ2v) is 10.3. The number of aliphatic hydroxyl groups excluding tert-OH is 1. The lowest BCUT2D eigenvalue weighted by Gasteiger charge is -2.29. The van der Waals surface area contributed by atoms with Gasteiger partial charge in [0.05, 0.1) is 25.4 Å². The zero-order chi connectivity index (χ0) is 26.7. The number of hydrogen-bond donors (Lipinski definition) is 4. The Bertz CT molecular complexity index is 931. The zero-order valence-electron chi connectivity index (χ0n) is 22.2. The summed E-state index contributed by atoms with van der Waals surface area (Å²) in [6, 6.07) is 16.4. The molecule has 2 aromatic carbocycles. The van der Waals surface area contributed by atoms with Crippen LogP contribution in [0.2, 0.25) is 0 Å². The standard InChI is InChI=1S/C29H43N3O4/c1-19(2)24(15-26(33)25(30)18-36-17-23-9-7-6-8-10-23)28(34)32-27(20(3)4)29(35)31-16-22-13-11-21(5)12-14-22/h6-14,19-20,24-27,33H,15-18,30H2,1-5H3,(H,31,35)(H,32,34)/t24-,25-,26-,27?/m0/s1. The van der Waals surface area contributed by atoms with Crippen LogP contribution >= 0.6 is 0 Å². The molecule has 2 aromatic rings. The van der Waals surface area contributed by atoms with Crippen LogP contribution in [-0.4, -0.2) is 41.7 Å². The number of ether oxygens (including phenoxy) is 1. The van der Waals surface area contributed by atoms with E-state index >= 15 is 0 Å². The van der Waals surface area contributed by atoms with Gasteiger partial charge in [-0.2, -0.15) is 0 Å². The molecule has 7 nitrogen and oxygen atoms in total. The first-order valence-corrected chi connectivity index (χ1v) is 12.8. The second-order valence-electron chi connectivity index (χ2n) is 10.3. The number of nitrogens with one attached hydrogen (secondary N) is 2. The van der Waals surface area contributed by atoms with E-state index in [2.05, 4.69) is 10.6 Å². The van der Waals surface area contributed by atoms with Crippen LogP contribution in [0.3, 0.4) is 0 Å². The monoisotopic (exact) mass is 497 g/mol. The smallest absolute Gasteiger partial charge is 0.243 e. The molecule has 7 heteroatoms. The van der Waals surface area contributed by atoms with Gasteiger partial charge in [-0.15, -0.1) is 0 Å². The predicted molar refractivity (Wildman–Crippen MR) is 143 cm³/mol. The van der Waals surface area contributed by atoms with Crippen LogP contribution < -0.4 is 16.4 Å². The van der Waals surface area contributed by atoms with Crippen molar-refractivity contribution in [3.63, 3.8) is 0 Å². The maximum absolute atomic E-state index is 13.2. The van der Waals surface area contributed by atoms with E-state index < -0.39 is 24.1 Å². The number of amides is 2. The molecule has 36 heavy (non-hydrogen) atoms. The van der Waals surface area contributed by atoms with Gasteiger partial charge in [0.25, 0.3) is 0 Å². The first-order chi connectivity index (χ1) is 17.1. The highest BCUT2D eigenvalue weighted by atomic mass is 16.5. The average molecular weight is 498 g/mol. The molecule has 2 amide bonds. The summed E-state index contributed by atoms with van der Waals surface area (Å²) in [7, 11) is 0. The molecular weight excluding hydrogens is 454 g/mol. The summed E-state index contributed by atoms with van der Waals surface area (Å²) in [6.07, 6.45) is -0.721. The zero-order valence-corrected chi connectivity index (χ0v) is 22.2. The van der Waals surface area contributed by atoms with Crippen molar-refractivity contribution < 1.29 is 19.4 Å². The van der Waals surface area contributed by atoms with Crippen LogP contribution in [0.15, 0.2) is 54.6 Å². The van der Waals surface area contributed by atoms with Gasteiger partial charge in [-0.25, -0.2) is 0 Å². The van der Waals surface area contributed by atoms with E-state index in [0.717, 1.165) is 16.7 Å². The second kappa shape index (κ2) is 14.7. The lowest BCUT2D eigenvalue weighted by atomic mass is 9.87. The highest BCUT2D eigenvalue weighted by Gasteiger charge is 2.32. The summed E-state index contributed by atoms with van der Waals surface area (Å²) in [6.45, 7) is 10.6.